The van der Waals surface area contributed by atoms with E-state index in [1.165, 1.54) is 6.07 Å². The molecule has 1 aliphatic rings. The molecule has 0 saturated heterocycles. The van der Waals surface area contributed by atoms with Crippen LogP contribution in [0.3, 0.4) is 0 Å². The van der Waals surface area contributed by atoms with Crippen molar-refractivity contribution in [2.75, 3.05) is 6.61 Å². The standard InChI is InChI=1S/C25H23F2N3O4/c1-25(2,32)15-9-7-14(8-10-15)18-11-17(16-5-3-4-6-21(16)34-24(26)27)23-28-22-19(30(23)29-18)12-33-13-20(22)31/h3-11,20,24,31-32H,12-13H2,1-2H3. The summed E-state index contributed by atoms with van der Waals surface area (Å²) in [4.78, 5) is 4.61. The molecule has 0 fully saturated rings. The van der Waals surface area contributed by atoms with E-state index in [-0.39, 0.29) is 19.0 Å². The SMILES string of the molecule is CC(C)(O)c1ccc(-c2cc(-c3ccccc3OC(F)F)c3nc4c(n3n2)COCC4O)cc1. The lowest BCUT2D eigenvalue weighted by Gasteiger charge is -2.18. The number of fused-ring (bicyclic) bond motifs is 3. The van der Waals surface area contributed by atoms with Crippen molar-refractivity contribution >= 4 is 5.65 Å². The maximum atomic E-state index is 13.1. The van der Waals surface area contributed by atoms with Crippen LogP contribution in [0.1, 0.15) is 36.9 Å². The van der Waals surface area contributed by atoms with E-state index < -0.39 is 18.3 Å². The van der Waals surface area contributed by atoms with E-state index in [1.54, 1.807) is 42.6 Å². The van der Waals surface area contributed by atoms with Crippen LogP contribution in [0.4, 0.5) is 8.78 Å². The Bertz CT molecular complexity index is 1350. The second kappa shape index (κ2) is 8.43. The lowest BCUT2D eigenvalue weighted by Crippen LogP contribution is -2.17. The number of imidazole rings is 1. The summed E-state index contributed by atoms with van der Waals surface area (Å²) in [5.74, 6) is 0.00620. The van der Waals surface area contributed by atoms with Crippen molar-refractivity contribution in [3.05, 3.63) is 71.5 Å². The second-order valence-electron chi connectivity index (χ2n) is 8.66. The molecule has 1 aliphatic heterocycles. The van der Waals surface area contributed by atoms with E-state index in [1.807, 2.05) is 24.3 Å². The average molecular weight is 467 g/mol. The van der Waals surface area contributed by atoms with Crippen molar-refractivity contribution in [1.29, 1.82) is 0 Å². The van der Waals surface area contributed by atoms with Crippen LogP contribution >= 0.6 is 0 Å². The summed E-state index contributed by atoms with van der Waals surface area (Å²) in [5, 5.41) is 25.4. The van der Waals surface area contributed by atoms with Crippen LogP contribution in [0.2, 0.25) is 0 Å². The normalized spacial score (nSPS) is 16.1. The second-order valence-corrected chi connectivity index (χ2v) is 8.66. The van der Waals surface area contributed by atoms with Crippen LogP contribution in [0.5, 0.6) is 5.75 Å². The molecule has 9 heteroatoms. The zero-order chi connectivity index (χ0) is 24.0. The smallest absolute Gasteiger partial charge is 0.387 e. The van der Waals surface area contributed by atoms with Gasteiger partial charge in [0.15, 0.2) is 5.65 Å². The third-order valence-electron chi connectivity index (χ3n) is 5.82. The van der Waals surface area contributed by atoms with Crippen LogP contribution < -0.4 is 4.74 Å². The molecular weight excluding hydrogens is 444 g/mol. The van der Waals surface area contributed by atoms with Crippen LogP contribution in [0, 0.1) is 0 Å². The van der Waals surface area contributed by atoms with Gasteiger partial charge in [0, 0.05) is 16.7 Å². The number of aliphatic hydroxyl groups is 2. The van der Waals surface area contributed by atoms with Crippen molar-refractivity contribution in [2.45, 2.75) is 38.8 Å². The molecule has 0 aliphatic carbocycles. The van der Waals surface area contributed by atoms with Crippen molar-refractivity contribution < 1.29 is 28.5 Å². The minimum absolute atomic E-state index is 0.00620. The molecule has 3 heterocycles. The highest BCUT2D eigenvalue weighted by atomic mass is 19.3. The summed E-state index contributed by atoms with van der Waals surface area (Å²) in [6.45, 7) is 0.732. The summed E-state index contributed by atoms with van der Waals surface area (Å²) in [6, 6.07) is 15.5. The minimum Gasteiger partial charge on any atom is -0.434 e. The van der Waals surface area contributed by atoms with Crippen molar-refractivity contribution in [2.24, 2.45) is 0 Å². The molecule has 5 rings (SSSR count). The molecule has 7 nitrogen and oxygen atoms in total. The van der Waals surface area contributed by atoms with Gasteiger partial charge in [0.2, 0.25) is 0 Å². The molecule has 0 spiro atoms. The van der Waals surface area contributed by atoms with E-state index in [0.29, 0.717) is 33.9 Å². The zero-order valence-electron chi connectivity index (χ0n) is 18.6. The number of hydrogen-bond donors (Lipinski definition) is 2. The van der Waals surface area contributed by atoms with Gasteiger partial charge in [-0.25, -0.2) is 9.50 Å². The highest BCUT2D eigenvalue weighted by Gasteiger charge is 2.28. The monoisotopic (exact) mass is 467 g/mol. The van der Waals surface area contributed by atoms with Gasteiger partial charge < -0.3 is 19.7 Å². The lowest BCUT2D eigenvalue weighted by atomic mass is 9.96. The zero-order valence-corrected chi connectivity index (χ0v) is 18.6. The summed E-state index contributed by atoms with van der Waals surface area (Å²) in [6.07, 6.45) is -0.916. The topological polar surface area (TPSA) is 89.1 Å². The molecule has 0 bridgehead atoms. The summed E-state index contributed by atoms with van der Waals surface area (Å²) < 4.78 is 38.1. The first kappa shape index (κ1) is 22.4. The summed E-state index contributed by atoms with van der Waals surface area (Å²) in [5.41, 5.74) is 3.43. The maximum absolute atomic E-state index is 13.1. The molecule has 1 atom stereocenters. The number of nitrogens with zero attached hydrogens (tertiary/aromatic N) is 3. The number of hydrogen-bond acceptors (Lipinski definition) is 6. The van der Waals surface area contributed by atoms with E-state index in [0.717, 1.165) is 11.1 Å². The van der Waals surface area contributed by atoms with E-state index in [9.17, 15) is 19.0 Å². The highest BCUT2D eigenvalue weighted by Crippen LogP contribution is 2.37. The molecule has 4 aromatic rings. The van der Waals surface area contributed by atoms with Gasteiger partial charge in [-0.15, -0.1) is 0 Å². The number of benzene rings is 2. The minimum atomic E-state index is -2.99. The molecule has 1 unspecified atom stereocenters. The fraction of sp³-hybridized carbons (Fsp3) is 0.280. The highest BCUT2D eigenvalue weighted by molar-refractivity contribution is 5.84. The predicted octanol–water partition coefficient (Wildman–Crippen LogP) is 4.46. The van der Waals surface area contributed by atoms with Gasteiger partial charge in [-0.1, -0.05) is 42.5 Å². The van der Waals surface area contributed by atoms with Crippen LogP contribution in [-0.4, -0.2) is 38.0 Å². The molecule has 0 radical (unpaired) electrons. The third kappa shape index (κ3) is 4.02. The van der Waals surface area contributed by atoms with Gasteiger partial charge >= 0.3 is 6.61 Å². The first-order valence-corrected chi connectivity index (χ1v) is 10.8. The number of ether oxygens (including phenoxy) is 2. The Morgan fingerprint density at radius 2 is 1.85 bits per heavy atom. The fourth-order valence-electron chi connectivity index (χ4n) is 4.11. The van der Waals surface area contributed by atoms with Gasteiger partial charge in [-0.3, -0.25) is 0 Å². The Kier molecular flexibility index (Phi) is 5.55. The molecule has 2 aromatic carbocycles. The molecular formula is C25H23F2N3O4. The van der Waals surface area contributed by atoms with Gasteiger partial charge in [-0.2, -0.15) is 13.9 Å². The Morgan fingerprint density at radius 1 is 1.12 bits per heavy atom. The van der Waals surface area contributed by atoms with Crippen LogP contribution in [-0.2, 0) is 16.9 Å². The van der Waals surface area contributed by atoms with Crippen molar-refractivity contribution in [3.63, 3.8) is 0 Å². The Hall–Kier alpha value is -3.40. The summed E-state index contributed by atoms with van der Waals surface area (Å²) in [7, 11) is 0. The summed E-state index contributed by atoms with van der Waals surface area (Å²) >= 11 is 0. The largest absolute Gasteiger partial charge is 0.434 e. The average Bonchev–Trinajstić information content (AvgIpc) is 3.18. The molecule has 34 heavy (non-hydrogen) atoms. The number of para-hydroxylation sites is 1. The van der Waals surface area contributed by atoms with Crippen molar-refractivity contribution in [3.8, 4) is 28.1 Å². The van der Waals surface area contributed by atoms with Crippen molar-refractivity contribution in [1.82, 2.24) is 14.6 Å². The van der Waals surface area contributed by atoms with E-state index in [4.69, 9.17) is 14.6 Å². The number of halogens is 2. The van der Waals surface area contributed by atoms with Gasteiger partial charge in [-0.05, 0) is 31.5 Å². The number of aliphatic hydroxyl groups excluding tert-OH is 1. The molecule has 2 N–H and O–H groups in total. The third-order valence-corrected chi connectivity index (χ3v) is 5.82. The first-order chi connectivity index (χ1) is 16.2. The van der Waals surface area contributed by atoms with E-state index in [2.05, 4.69) is 4.98 Å². The van der Waals surface area contributed by atoms with Gasteiger partial charge in [0.25, 0.3) is 0 Å². The van der Waals surface area contributed by atoms with Gasteiger partial charge in [0.05, 0.1) is 35.9 Å². The van der Waals surface area contributed by atoms with Crippen LogP contribution in [0.15, 0.2) is 54.6 Å². The predicted molar refractivity (Wildman–Crippen MR) is 120 cm³/mol. The molecule has 0 saturated carbocycles. The Balaban J connectivity index is 1.75. The van der Waals surface area contributed by atoms with Crippen LogP contribution in [0.25, 0.3) is 28.0 Å². The maximum Gasteiger partial charge on any atom is 0.387 e. The lowest BCUT2D eigenvalue weighted by molar-refractivity contribution is -0.0494. The number of aromatic nitrogens is 3. The molecule has 176 valence electrons. The fourth-order valence-corrected chi connectivity index (χ4v) is 4.11. The number of alkyl halides is 2. The first-order valence-electron chi connectivity index (χ1n) is 10.8. The van der Waals surface area contributed by atoms with Gasteiger partial charge in [0.1, 0.15) is 11.9 Å². The molecule has 0 amide bonds. The Labute approximate surface area is 194 Å². The van der Waals surface area contributed by atoms with E-state index >= 15 is 0 Å². The number of rotatable bonds is 5. The molecule has 2 aromatic heterocycles. The Morgan fingerprint density at radius 3 is 2.56 bits per heavy atom. The quantitative estimate of drug-likeness (QED) is 0.451.